The van der Waals surface area contributed by atoms with Gasteiger partial charge in [-0.05, 0) is 42.4 Å². The first-order chi connectivity index (χ1) is 11.1. The molecule has 0 bridgehead atoms. The van der Waals surface area contributed by atoms with Gasteiger partial charge in [0.2, 0.25) is 10.0 Å². The Kier molecular flexibility index (Phi) is 4.90. The summed E-state index contributed by atoms with van der Waals surface area (Å²) in [5, 5.41) is 0. The van der Waals surface area contributed by atoms with Gasteiger partial charge in [-0.1, -0.05) is 55.7 Å². The molecule has 1 aromatic rings. The molecule has 1 heterocycles. The quantitative estimate of drug-likeness (QED) is 0.756. The lowest BCUT2D eigenvalue weighted by atomic mass is 9.89. The van der Waals surface area contributed by atoms with Gasteiger partial charge in [-0.15, -0.1) is 0 Å². The first-order valence-corrected chi connectivity index (χ1v) is 10.3. The monoisotopic (exact) mass is 331 g/mol. The van der Waals surface area contributed by atoms with Crippen molar-refractivity contribution >= 4 is 15.6 Å². The van der Waals surface area contributed by atoms with Crippen molar-refractivity contribution in [1.82, 2.24) is 4.31 Å². The van der Waals surface area contributed by atoms with Crippen LogP contribution in [0.15, 0.2) is 48.2 Å². The van der Waals surface area contributed by atoms with E-state index >= 15 is 0 Å². The average molecular weight is 331 g/mol. The maximum atomic E-state index is 12.4. The second-order valence-corrected chi connectivity index (χ2v) is 8.46. The molecule has 1 aliphatic heterocycles. The first kappa shape index (κ1) is 16.3. The number of rotatable bonds is 2. The van der Waals surface area contributed by atoms with E-state index in [1.165, 1.54) is 31.1 Å². The largest absolute Gasteiger partial charge is 0.270 e. The molecule has 124 valence electrons. The van der Waals surface area contributed by atoms with Gasteiger partial charge in [0.15, 0.2) is 0 Å². The minimum atomic E-state index is -3.26. The van der Waals surface area contributed by atoms with E-state index in [-0.39, 0.29) is 6.04 Å². The number of nitrogens with zero attached hydrogens (tertiary/aromatic N) is 1. The summed E-state index contributed by atoms with van der Waals surface area (Å²) >= 11 is 0. The standard InChI is InChI=1S/C19H25NO2S/c1-23(21,22)20-15-18(16-10-7-5-8-11-16)14-17-12-6-3-2-4-9-13-19(17)20/h5,7-8,10-12,15,19H,2-4,6,9,13-14H2,1H3/b17-12+. The van der Waals surface area contributed by atoms with E-state index in [1.807, 2.05) is 24.4 Å². The van der Waals surface area contributed by atoms with Crippen LogP contribution in [-0.2, 0) is 10.0 Å². The molecule has 1 unspecified atom stereocenters. The van der Waals surface area contributed by atoms with Crippen molar-refractivity contribution in [2.75, 3.05) is 6.26 Å². The Hall–Kier alpha value is -1.55. The predicted octanol–water partition coefficient (Wildman–Crippen LogP) is 4.34. The summed E-state index contributed by atoms with van der Waals surface area (Å²) in [6.45, 7) is 0. The van der Waals surface area contributed by atoms with Crippen LogP contribution >= 0.6 is 0 Å². The molecule has 3 rings (SSSR count). The third-order valence-corrected chi connectivity index (χ3v) is 5.90. The SMILES string of the molecule is CS(=O)(=O)N1C=C(c2ccccc2)C/C2=C\CCCCCCC21. The average Bonchev–Trinajstić information content (AvgIpc) is 2.65. The van der Waals surface area contributed by atoms with Crippen molar-refractivity contribution in [3.8, 4) is 0 Å². The number of hydrogen-bond donors (Lipinski definition) is 0. The minimum Gasteiger partial charge on any atom is -0.270 e. The van der Waals surface area contributed by atoms with Crippen LogP contribution in [0.2, 0.25) is 0 Å². The van der Waals surface area contributed by atoms with E-state index in [2.05, 4.69) is 18.2 Å². The summed E-state index contributed by atoms with van der Waals surface area (Å²) in [6.07, 6.45) is 13.1. The molecule has 1 aliphatic carbocycles. The minimum absolute atomic E-state index is 0.00978. The fourth-order valence-electron chi connectivity index (χ4n) is 3.59. The van der Waals surface area contributed by atoms with Crippen molar-refractivity contribution in [3.05, 3.63) is 53.7 Å². The second kappa shape index (κ2) is 6.91. The van der Waals surface area contributed by atoms with Crippen molar-refractivity contribution < 1.29 is 8.42 Å². The molecule has 0 saturated heterocycles. The lowest BCUT2D eigenvalue weighted by Gasteiger charge is -2.36. The summed E-state index contributed by atoms with van der Waals surface area (Å²) in [5.41, 5.74) is 3.48. The van der Waals surface area contributed by atoms with Crippen LogP contribution < -0.4 is 0 Å². The van der Waals surface area contributed by atoms with Crippen molar-refractivity contribution in [2.24, 2.45) is 0 Å². The van der Waals surface area contributed by atoms with E-state index in [9.17, 15) is 8.42 Å². The van der Waals surface area contributed by atoms with Crippen LogP contribution in [0, 0.1) is 0 Å². The smallest absolute Gasteiger partial charge is 0.232 e. The van der Waals surface area contributed by atoms with Gasteiger partial charge in [0.25, 0.3) is 0 Å². The van der Waals surface area contributed by atoms with Gasteiger partial charge in [0.05, 0.1) is 12.3 Å². The first-order valence-electron chi connectivity index (χ1n) is 8.49. The molecule has 0 N–H and O–H groups in total. The maximum absolute atomic E-state index is 12.4. The van der Waals surface area contributed by atoms with Crippen LogP contribution in [0.25, 0.3) is 5.57 Å². The number of benzene rings is 1. The zero-order valence-corrected chi connectivity index (χ0v) is 14.6. The molecular weight excluding hydrogens is 306 g/mol. The lowest BCUT2D eigenvalue weighted by Crippen LogP contribution is -2.39. The highest BCUT2D eigenvalue weighted by Gasteiger charge is 2.31. The molecule has 0 saturated carbocycles. The Morgan fingerprint density at radius 2 is 1.78 bits per heavy atom. The van der Waals surface area contributed by atoms with Gasteiger partial charge in [-0.2, -0.15) is 0 Å². The molecule has 0 fully saturated rings. The molecule has 23 heavy (non-hydrogen) atoms. The van der Waals surface area contributed by atoms with Crippen molar-refractivity contribution in [3.63, 3.8) is 0 Å². The summed E-state index contributed by atoms with van der Waals surface area (Å²) in [4.78, 5) is 0. The maximum Gasteiger partial charge on any atom is 0.232 e. The number of sulfonamides is 1. The molecule has 4 heteroatoms. The van der Waals surface area contributed by atoms with E-state index < -0.39 is 10.0 Å². The predicted molar refractivity (Wildman–Crippen MR) is 95.3 cm³/mol. The zero-order valence-electron chi connectivity index (χ0n) is 13.7. The Bertz CT molecular complexity index is 704. The lowest BCUT2D eigenvalue weighted by molar-refractivity contribution is 0.396. The van der Waals surface area contributed by atoms with Crippen LogP contribution in [0.1, 0.15) is 50.5 Å². The molecular formula is C19H25NO2S. The van der Waals surface area contributed by atoms with E-state index in [0.29, 0.717) is 0 Å². The van der Waals surface area contributed by atoms with Gasteiger partial charge < -0.3 is 0 Å². The van der Waals surface area contributed by atoms with Gasteiger partial charge in [-0.3, -0.25) is 4.31 Å². The highest BCUT2D eigenvalue weighted by molar-refractivity contribution is 7.88. The Balaban J connectivity index is 2.03. The summed E-state index contributed by atoms with van der Waals surface area (Å²) in [7, 11) is -3.26. The number of hydrogen-bond acceptors (Lipinski definition) is 2. The topological polar surface area (TPSA) is 37.4 Å². The Morgan fingerprint density at radius 1 is 1.04 bits per heavy atom. The fraction of sp³-hybridized carbons (Fsp3) is 0.474. The van der Waals surface area contributed by atoms with Crippen LogP contribution in [-0.4, -0.2) is 25.0 Å². The summed E-state index contributed by atoms with van der Waals surface area (Å²) in [6, 6.07) is 10.1. The summed E-state index contributed by atoms with van der Waals surface area (Å²) < 4.78 is 26.3. The molecule has 0 spiro atoms. The molecule has 0 radical (unpaired) electrons. The molecule has 0 amide bonds. The van der Waals surface area contributed by atoms with E-state index in [1.54, 1.807) is 4.31 Å². The molecule has 1 aromatic carbocycles. The highest BCUT2D eigenvalue weighted by Crippen LogP contribution is 2.36. The molecule has 3 nitrogen and oxygen atoms in total. The number of allylic oxidation sites excluding steroid dienone is 2. The van der Waals surface area contributed by atoms with Gasteiger partial charge >= 0.3 is 0 Å². The molecule has 0 aromatic heterocycles. The zero-order chi connectivity index (χ0) is 16.3. The van der Waals surface area contributed by atoms with Gasteiger partial charge in [0.1, 0.15) is 0 Å². The second-order valence-electron chi connectivity index (χ2n) is 6.58. The van der Waals surface area contributed by atoms with Crippen LogP contribution in [0.5, 0.6) is 0 Å². The van der Waals surface area contributed by atoms with E-state index in [0.717, 1.165) is 36.8 Å². The normalized spacial score (nSPS) is 25.3. The summed E-state index contributed by atoms with van der Waals surface area (Å²) in [5.74, 6) is 0. The van der Waals surface area contributed by atoms with Crippen molar-refractivity contribution in [2.45, 2.75) is 51.0 Å². The van der Waals surface area contributed by atoms with Crippen molar-refractivity contribution in [1.29, 1.82) is 0 Å². The number of fused-ring (bicyclic) bond motifs is 1. The van der Waals surface area contributed by atoms with Crippen LogP contribution in [0.3, 0.4) is 0 Å². The molecule has 1 atom stereocenters. The third kappa shape index (κ3) is 3.86. The Labute approximate surface area is 139 Å². The van der Waals surface area contributed by atoms with Crippen LogP contribution in [0.4, 0.5) is 0 Å². The van der Waals surface area contributed by atoms with E-state index in [4.69, 9.17) is 0 Å². The molecule has 2 aliphatic rings. The van der Waals surface area contributed by atoms with Gasteiger partial charge in [-0.25, -0.2) is 8.42 Å². The third-order valence-electron chi connectivity index (χ3n) is 4.78. The highest BCUT2D eigenvalue weighted by atomic mass is 32.2. The fourth-order valence-corrected chi connectivity index (χ4v) is 4.61. The Morgan fingerprint density at radius 3 is 2.52 bits per heavy atom. The van der Waals surface area contributed by atoms with Gasteiger partial charge in [0, 0.05) is 6.20 Å².